The average Bonchev–Trinajstić information content (AvgIpc) is 2.76. The molecule has 2 aromatic carbocycles. The largest absolute Gasteiger partial charge is 0.497 e. The normalized spacial score (nSPS) is 12.2. The molecule has 0 spiro atoms. The van der Waals surface area contributed by atoms with E-state index in [1.165, 1.54) is 23.1 Å². The van der Waals surface area contributed by atoms with E-state index >= 15 is 0 Å². The minimum Gasteiger partial charge on any atom is -0.497 e. The zero-order valence-electron chi connectivity index (χ0n) is 19.7. The van der Waals surface area contributed by atoms with Gasteiger partial charge in [-0.25, -0.2) is 8.42 Å². The topological polar surface area (TPSA) is 96.0 Å². The summed E-state index contributed by atoms with van der Waals surface area (Å²) in [6.07, 6.45) is 0.972. The summed E-state index contributed by atoms with van der Waals surface area (Å²) in [4.78, 5) is 27.5. The van der Waals surface area contributed by atoms with Crippen molar-refractivity contribution in [3.63, 3.8) is 0 Å². The molecule has 2 amide bonds. The first-order valence-corrected chi connectivity index (χ1v) is 13.1. The summed E-state index contributed by atoms with van der Waals surface area (Å²) in [6.45, 7) is 4.74. The standard InChI is InChI=1S/C23H29Cl2N3O5S/c1-15(2)26-23(30)16(3)27(13-17-6-9-19(33-4)10-7-17)22(29)14-28(34(5,31)32)21-12-18(24)8-11-20(21)25/h6-12,15-16H,13-14H2,1-5H3,(H,26,30)/t16-/m0/s1. The number of anilines is 1. The Kier molecular flexibility index (Phi) is 9.61. The van der Waals surface area contributed by atoms with Crippen molar-refractivity contribution < 1.29 is 22.7 Å². The summed E-state index contributed by atoms with van der Waals surface area (Å²) in [6, 6.07) is 10.4. The Morgan fingerprint density at radius 1 is 1.06 bits per heavy atom. The predicted octanol–water partition coefficient (Wildman–Crippen LogP) is 3.71. The first kappa shape index (κ1) is 27.8. The van der Waals surface area contributed by atoms with Gasteiger partial charge in [0.2, 0.25) is 21.8 Å². The highest BCUT2D eigenvalue weighted by Gasteiger charge is 2.31. The number of nitrogens with one attached hydrogen (secondary N) is 1. The molecule has 1 N–H and O–H groups in total. The van der Waals surface area contributed by atoms with Crippen molar-refractivity contribution in [3.05, 3.63) is 58.1 Å². The lowest BCUT2D eigenvalue weighted by Crippen LogP contribution is -2.52. The van der Waals surface area contributed by atoms with Crippen molar-refractivity contribution in [3.8, 4) is 5.75 Å². The van der Waals surface area contributed by atoms with Crippen LogP contribution in [0.5, 0.6) is 5.75 Å². The van der Waals surface area contributed by atoms with Gasteiger partial charge in [-0.15, -0.1) is 0 Å². The van der Waals surface area contributed by atoms with E-state index in [-0.39, 0.29) is 34.2 Å². The maximum Gasteiger partial charge on any atom is 0.244 e. The summed E-state index contributed by atoms with van der Waals surface area (Å²) < 4.78 is 31.2. The Morgan fingerprint density at radius 2 is 1.68 bits per heavy atom. The van der Waals surface area contributed by atoms with Gasteiger partial charge < -0.3 is 15.0 Å². The lowest BCUT2D eigenvalue weighted by atomic mass is 10.1. The molecule has 0 saturated carbocycles. The number of carbonyl (C=O) groups is 2. The van der Waals surface area contributed by atoms with Crippen molar-refractivity contribution in [2.24, 2.45) is 0 Å². The van der Waals surface area contributed by atoms with E-state index in [9.17, 15) is 18.0 Å². The van der Waals surface area contributed by atoms with Crippen LogP contribution in [0.3, 0.4) is 0 Å². The van der Waals surface area contributed by atoms with Gasteiger partial charge in [0, 0.05) is 17.6 Å². The molecule has 0 unspecified atom stereocenters. The molecular formula is C23H29Cl2N3O5S. The number of rotatable bonds is 10. The predicted molar refractivity (Wildman–Crippen MR) is 135 cm³/mol. The highest BCUT2D eigenvalue weighted by molar-refractivity contribution is 7.92. The van der Waals surface area contributed by atoms with Crippen molar-refractivity contribution in [2.75, 3.05) is 24.2 Å². The fraction of sp³-hybridized carbons (Fsp3) is 0.391. The molecule has 2 rings (SSSR count). The molecule has 11 heteroatoms. The van der Waals surface area contributed by atoms with Gasteiger partial charge in [0.15, 0.2) is 0 Å². The Labute approximate surface area is 210 Å². The lowest BCUT2D eigenvalue weighted by molar-refractivity contribution is -0.139. The fourth-order valence-electron chi connectivity index (χ4n) is 3.19. The highest BCUT2D eigenvalue weighted by atomic mass is 35.5. The number of hydrogen-bond donors (Lipinski definition) is 1. The highest BCUT2D eigenvalue weighted by Crippen LogP contribution is 2.31. The molecule has 0 aliphatic heterocycles. The van der Waals surface area contributed by atoms with Crippen molar-refractivity contribution >= 4 is 50.7 Å². The number of carbonyl (C=O) groups excluding carboxylic acids is 2. The van der Waals surface area contributed by atoms with Crippen LogP contribution in [-0.2, 0) is 26.2 Å². The molecule has 0 aliphatic carbocycles. The van der Waals surface area contributed by atoms with Gasteiger partial charge in [0.05, 0.1) is 24.1 Å². The van der Waals surface area contributed by atoms with E-state index in [1.54, 1.807) is 38.3 Å². The van der Waals surface area contributed by atoms with E-state index in [1.807, 2.05) is 13.8 Å². The summed E-state index contributed by atoms with van der Waals surface area (Å²) in [7, 11) is -2.36. The summed E-state index contributed by atoms with van der Waals surface area (Å²) in [5, 5.41) is 3.17. The quantitative estimate of drug-likeness (QED) is 0.506. The molecule has 34 heavy (non-hydrogen) atoms. The second-order valence-electron chi connectivity index (χ2n) is 8.07. The van der Waals surface area contributed by atoms with E-state index in [0.717, 1.165) is 16.1 Å². The third kappa shape index (κ3) is 7.51. The van der Waals surface area contributed by atoms with Crippen molar-refractivity contribution in [2.45, 2.75) is 39.4 Å². The Morgan fingerprint density at radius 3 is 2.21 bits per heavy atom. The van der Waals surface area contributed by atoms with Crippen LogP contribution in [0, 0.1) is 0 Å². The van der Waals surface area contributed by atoms with Gasteiger partial charge in [-0.2, -0.15) is 0 Å². The first-order chi connectivity index (χ1) is 15.8. The van der Waals surface area contributed by atoms with Crippen LogP contribution in [0.25, 0.3) is 0 Å². The van der Waals surface area contributed by atoms with Crippen LogP contribution in [0.4, 0.5) is 5.69 Å². The van der Waals surface area contributed by atoms with E-state index in [0.29, 0.717) is 5.75 Å². The van der Waals surface area contributed by atoms with Gasteiger partial charge in [0.25, 0.3) is 0 Å². The summed E-state index contributed by atoms with van der Waals surface area (Å²) >= 11 is 12.3. The summed E-state index contributed by atoms with van der Waals surface area (Å²) in [5.41, 5.74) is 0.818. The number of methoxy groups -OCH3 is 1. The van der Waals surface area contributed by atoms with Gasteiger partial charge in [-0.05, 0) is 56.7 Å². The number of sulfonamides is 1. The van der Waals surface area contributed by atoms with E-state index < -0.39 is 28.5 Å². The van der Waals surface area contributed by atoms with Crippen LogP contribution in [0.15, 0.2) is 42.5 Å². The Hall–Kier alpha value is -2.49. The van der Waals surface area contributed by atoms with Crippen LogP contribution in [-0.4, -0.2) is 57.1 Å². The van der Waals surface area contributed by atoms with Gasteiger partial charge in [-0.3, -0.25) is 13.9 Å². The van der Waals surface area contributed by atoms with Crippen LogP contribution < -0.4 is 14.4 Å². The maximum atomic E-state index is 13.5. The van der Waals surface area contributed by atoms with Gasteiger partial charge >= 0.3 is 0 Å². The zero-order chi connectivity index (χ0) is 25.6. The minimum atomic E-state index is -3.91. The SMILES string of the molecule is COc1ccc(CN(C(=O)CN(c2cc(Cl)ccc2Cl)S(C)(=O)=O)[C@@H](C)C(=O)NC(C)C)cc1. The number of ether oxygens (including phenoxy) is 1. The molecule has 0 fully saturated rings. The maximum absolute atomic E-state index is 13.5. The monoisotopic (exact) mass is 529 g/mol. The molecule has 8 nitrogen and oxygen atoms in total. The number of benzene rings is 2. The Balaban J connectivity index is 2.42. The number of amides is 2. The van der Waals surface area contributed by atoms with Crippen molar-refractivity contribution in [1.82, 2.24) is 10.2 Å². The second-order valence-corrected chi connectivity index (χ2v) is 10.8. The summed E-state index contributed by atoms with van der Waals surface area (Å²) in [5.74, 6) is -0.293. The number of halogens is 2. The first-order valence-electron chi connectivity index (χ1n) is 10.5. The van der Waals surface area contributed by atoms with Crippen LogP contribution >= 0.6 is 23.2 Å². The van der Waals surface area contributed by atoms with Gasteiger partial charge in [-0.1, -0.05) is 35.3 Å². The minimum absolute atomic E-state index is 0.0775. The molecule has 0 bridgehead atoms. The number of hydrogen-bond acceptors (Lipinski definition) is 5. The van der Waals surface area contributed by atoms with Crippen LogP contribution in [0.1, 0.15) is 26.3 Å². The molecule has 0 aliphatic rings. The fourth-order valence-corrected chi connectivity index (χ4v) is 4.48. The zero-order valence-corrected chi connectivity index (χ0v) is 22.0. The Bertz CT molecular complexity index is 1120. The third-order valence-electron chi connectivity index (χ3n) is 4.97. The van der Waals surface area contributed by atoms with Crippen molar-refractivity contribution in [1.29, 1.82) is 0 Å². The molecule has 0 aromatic heterocycles. The van der Waals surface area contributed by atoms with Crippen LogP contribution in [0.2, 0.25) is 10.0 Å². The molecular weight excluding hydrogens is 501 g/mol. The van der Waals surface area contributed by atoms with E-state index in [4.69, 9.17) is 27.9 Å². The third-order valence-corrected chi connectivity index (χ3v) is 6.65. The lowest BCUT2D eigenvalue weighted by Gasteiger charge is -2.32. The molecule has 2 aromatic rings. The van der Waals surface area contributed by atoms with Gasteiger partial charge in [0.1, 0.15) is 18.3 Å². The average molecular weight is 530 g/mol. The molecule has 0 radical (unpaired) electrons. The number of nitrogens with zero attached hydrogens (tertiary/aromatic N) is 2. The molecule has 0 heterocycles. The van der Waals surface area contributed by atoms with E-state index in [2.05, 4.69) is 5.32 Å². The molecule has 186 valence electrons. The molecule has 1 atom stereocenters. The second kappa shape index (κ2) is 11.8. The molecule has 0 saturated heterocycles. The smallest absolute Gasteiger partial charge is 0.244 e.